The molecule has 0 spiro atoms. The first-order chi connectivity index (χ1) is 12.0. The normalized spacial score (nSPS) is 25.8. The number of halogens is 1. The zero-order valence-corrected chi connectivity index (χ0v) is 15.5. The lowest BCUT2D eigenvalue weighted by molar-refractivity contribution is -0.138. The fourth-order valence-electron chi connectivity index (χ4n) is 4.23. The largest absolute Gasteiger partial charge is 0.385 e. The van der Waals surface area contributed by atoms with Crippen LogP contribution in [-0.4, -0.2) is 61.1 Å². The zero-order chi connectivity index (χ0) is 18.0. The molecule has 1 aromatic carbocycles. The third kappa shape index (κ3) is 3.58. The van der Waals surface area contributed by atoms with Gasteiger partial charge in [-0.15, -0.1) is 0 Å². The van der Waals surface area contributed by atoms with Gasteiger partial charge in [0.15, 0.2) is 0 Å². The number of carbonyl (C=O) groups is 1. The van der Waals surface area contributed by atoms with Gasteiger partial charge in [0.25, 0.3) is 0 Å². The molecule has 1 amide bonds. The molecule has 1 aliphatic heterocycles. The zero-order valence-electron chi connectivity index (χ0n) is 15.5. The quantitative estimate of drug-likeness (QED) is 0.741. The van der Waals surface area contributed by atoms with Crippen LogP contribution in [0.3, 0.4) is 0 Å². The molecule has 0 aromatic heterocycles. The smallest absolute Gasteiger partial charge is 0.233 e. The first kappa shape index (κ1) is 18.3. The maximum Gasteiger partial charge on any atom is 0.233 e. The maximum atomic E-state index is 14.3. The van der Waals surface area contributed by atoms with Crippen LogP contribution in [0.15, 0.2) is 24.3 Å². The third-order valence-corrected chi connectivity index (χ3v) is 5.70. The molecule has 0 radical (unpaired) electrons. The molecule has 0 N–H and O–H groups in total. The summed E-state index contributed by atoms with van der Waals surface area (Å²) in [5.41, 5.74) is -0.0500. The number of piperazine rings is 1. The van der Waals surface area contributed by atoms with Gasteiger partial charge in [-0.3, -0.25) is 9.69 Å². The number of carbonyl (C=O) groups excluding carboxylic acids is 1. The second kappa shape index (κ2) is 7.42. The summed E-state index contributed by atoms with van der Waals surface area (Å²) in [5.74, 6) is -0.152. The van der Waals surface area contributed by atoms with Gasteiger partial charge in [0.1, 0.15) is 5.82 Å². The number of hydrogen-bond acceptors (Lipinski definition) is 3. The Labute approximate surface area is 149 Å². The van der Waals surface area contributed by atoms with E-state index in [0.717, 1.165) is 32.4 Å². The summed E-state index contributed by atoms with van der Waals surface area (Å²) < 4.78 is 19.4. The molecule has 25 heavy (non-hydrogen) atoms. The number of amides is 1. The van der Waals surface area contributed by atoms with Crippen molar-refractivity contribution < 1.29 is 13.9 Å². The van der Waals surface area contributed by atoms with E-state index in [9.17, 15) is 9.18 Å². The summed E-state index contributed by atoms with van der Waals surface area (Å²) in [5, 5.41) is 0. The van der Waals surface area contributed by atoms with Gasteiger partial charge < -0.3 is 9.64 Å². The monoisotopic (exact) mass is 348 g/mol. The number of nitrogens with zero attached hydrogens (tertiary/aromatic N) is 2. The van der Waals surface area contributed by atoms with Crippen LogP contribution >= 0.6 is 0 Å². The van der Waals surface area contributed by atoms with E-state index in [2.05, 4.69) is 18.7 Å². The van der Waals surface area contributed by atoms with E-state index in [1.165, 1.54) is 6.07 Å². The number of rotatable bonds is 6. The number of methoxy groups -OCH3 is 1. The molecule has 2 fully saturated rings. The molecule has 3 rings (SSSR count). The molecule has 0 bridgehead atoms. The molecule has 1 aliphatic carbocycles. The van der Waals surface area contributed by atoms with Crippen molar-refractivity contribution >= 4 is 5.91 Å². The Morgan fingerprint density at radius 3 is 2.44 bits per heavy atom. The minimum Gasteiger partial charge on any atom is -0.385 e. The minimum atomic E-state index is -0.622. The van der Waals surface area contributed by atoms with Crippen LogP contribution in [0.25, 0.3) is 0 Å². The summed E-state index contributed by atoms with van der Waals surface area (Å²) in [7, 11) is 1.72. The van der Waals surface area contributed by atoms with Gasteiger partial charge in [-0.2, -0.15) is 0 Å². The van der Waals surface area contributed by atoms with Crippen LogP contribution in [0, 0.1) is 5.82 Å². The highest BCUT2D eigenvalue weighted by molar-refractivity contribution is 5.91. The van der Waals surface area contributed by atoms with Crippen molar-refractivity contribution in [2.75, 3.05) is 33.4 Å². The van der Waals surface area contributed by atoms with E-state index in [-0.39, 0.29) is 11.7 Å². The fourth-order valence-corrected chi connectivity index (χ4v) is 4.23. The Morgan fingerprint density at radius 1 is 1.24 bits per heavy atom. The Hall–Kier alpha value is -1.46. The minimum absolute atomic E-state index is 0.104. The molecular formula is C20H29FN2O2. The van der Waals surface area contributed by atoms with E-state index >= 15 is 0 Å². The standard InChI is InChI=1S/C20H29FN2O2/c1-15-13-22(14-16(2)23(15)11-6-12-25-3)19(24)20(9-10-20)17-7-4-5-8-18(17)21/h4-5,7-8,15-16H,6,9-14H2,1-3H3. The molecule has 1 saturated heterocycles. The van der Waals surface area contributed by atoms with Crippen LogP contribution < -0.4 is 0 Å². The lowest BCUT2D eigenvalue weighted by Crippen LogP contribution is -2.59. The van der Waals surface area contributed by atoms with Crippen molar-refractivity contribution in [3.8, 4) is 0 Å². The fraction of sp³-hybridized carbons (Fsp3) is 0.650. The van der Waals surface area contributed by atoms with E-state index in [1.807, 2.05) is 11.0 Å². The predicted octanol–water partition coefficient (Wildman–Crippen LogP) is 2.82. The first-order valence-electron chi connectivity index (χ1n) is 9.28. The summed E-state index contributed by atoms with van der Waals surface area (Å²) >= 11 is 0. The number of hydrogen-bond donors (Lipinski definition) is 0. The molecule has 2 atom stereocenters. The van der Waals surface area contributed by atoms with Gasteiger partial charge >= 0.3 is 0 Å². The van der Waals surface area contributed by atoms with Crippen molar-refractivity contribution in [2.24, 2.45) is 0 Å². The van der Waals surface area contributed by atoms with Crippen molar-refractivity contribution in [3.63, 3.8) is 0 Å². The highest BCUT2D eigenvalue weighted by Gasteiger charge is 2.55. The SMILES string of the molecule is COCCCN1C(C)CN(C(=O)C2(c3ccccc3F)CC2)CC1C. The van der Waals surface area contributed by atoms with Gasteiger partial charge in [-0.05, 0) is 39.2 Å². The summed E-state index contributed by atoms with van der Waals surface area (Å²) in [6.07, 6.45) is 2.51. The average Bonchev–Trinajstić information content (AvgIpc) is 3.38. The summed E-state index contributed by atoms with van der Waals surface area (Å²) in [6.45, 7) is 7.52. The van der Waals surface area contributed by atoms with Crippen LogP contribution in [-0.2, 0) is 14.9 Å². The van der Waals surface area contributed by atoms with E-state index < -0.39 is 5.41 Å². The molecule has 4 nitrogen and oxygen atoms in total. The van der Waals surface area contributed by atoms with Crippen molar-refractivity contribution in [3.05, 3.63) is 35.6 Å². The highest BCUT2D eigenvalue weighted by atomic mass is 19.1. The predicted molar refractivity (Wildman–Crippen MR) is 96.0 cm³/mol. The van der Waals surface area contributed by atoms with Crippen LogP contribution in [0.4, 0.5) is 4.39 Å². The van der Waals surface area contributed by atoms with Crippen LogP contribution in [0.5, 0.6) is 0 Å². The van der Waals surface area contributed by atoms with Crippen molar-refractivity contribution in [1.29, 1.82) is 0 Å². The molecule has 2 aliphatic rings. The van der Waals surface area contributed by atoms with Gasteiger partial charge in [0.2, 0.25) is 5.91 Å². The lowest BCUT2D eigenvalue weighted by Gasteiger charge is -2.45. The topological polar surface area (TPSA) is 32.8 Å². The van der Waals surface area contributed by atoms with E-state index in [4.69, 9.17) is 4.74 Å². The van der Waals surface area contributed by atoms with E-state index in [1.54, 1.807) is 19.2 Å². The number of ether oxygens (including phenoxy) is 1. The third-order valence-electron chi connectivity index (χ3n) is 5.70. The van der Waals surface area contributed by atoms with Gasteiger partial charge in [0.05, 0.1) is 5.41 Å². The Balaban J connectivity index is 1.69. The van der Waals surface area contributed by atoms with Crippen molar-refractivity contribution in [2.45, 2.75) is 50.6 Å². The Morgan fingerprint density at radius 2 is 1.88 bits per heavy atom. The molecule has 1 aromatic rings. The van der Waals surface area contributed by atoms with Crippen LogP contribution in [0.1, 0.15) is 38.7 Å². The first-order valence-corrected chi connectivity index (χ1v) is 9.28. The summed E-state index contributed by atoms with van der Waals surface area (Å²) in [6, 6.07) is 7.35. The molecule has 5 heteroatoms. The summed E-state index contributed by atoms with van der Waals surface area (Å²) in [4.78, 5) is 17.6. The van der Waals surface area contributed by atoms with E-state index in [0.29, 0.717) is 30.7 Å². The second-order valence-electron chi connectivity index (χ2n) is 7.55. The second-order valence-corrected chi connectivity index (χ2v) is 7.55. The van der Waals surface area contributed by atoms with Gasteiger partial charge in [-0.1, -0.05) is 18.2 Å². The molecule has 1 saturated carbocycles. The van der Waals surface area contributed by atoms with Gasteiger partial charge in [0, 0.05) is 51.0 Å². The number of benzene rings is 1. The van der Waals surface area contributed by atoms with Crippen LogP contribution in [0.2, 0.25) is 0 Å². The molecule has 1 heterocycles. The molecule has 2 unspecified atom stereocenters. The van der Waals surface area contributed by atoms with Crippen molar-refractivity contribution in [1.82, 2.24) is 9.80 Å². The maximum absolute atomic E-state index is 14.3. The Kier molecular flexibility index (Phi) is 5.44. The Bertz CT molecular complexity index is 605. The molecular weight excluding hydrogens is 319 g/mol. The highest BCUT2D eigenvalue weighted by Crippen LogP contribution is 2.50. The average molecular weight is 348 g/mol. The molecule has 138 valence electrons. The van der Waals surface area contributed by atoms with Gasteiger partial charge in [-0.25, -0.2) is 4.39 Å². The lowest BCUT2D eigenvalue weighted by atomic mass is 9.92.